The Kier molecular flexibility index (Phi) is 4.29. The number of hydrogen-bond donors (Lipinski definition) is 2. The Balaban J connectivity index is 2.06. The molecule has 0 fully saturated rings. The molecule has 0 amide bonds. The Morgan fingerprint density at radius 2 is 2.25 bits per heavy atom. The molecule has 0 aromatic carbocycles. The van der Waals surface area contributed by atoms with Gasteiger partial charge in [-0.25, -0.2) is 9.89 Å². The number of hydrogen-bond acceptors (Lipinski definition) is 7. The Bertz CT molecular complexity index is 623. The average molecular weight is 298 g/mol. The molecule has 3 N–H and O–H groups in total. The normalized spacial score (nSPS) is 12.0. The monoisotopic (exact) mass is 298 g/mol. The van der Waals surface area contributed by atoms with Crippen LogP contribution in [-0.2, 0) is 17.8 Å². The second-order valence-electron chi connectivity index (χ2n) is 4.99. The molecule has 0 aliphatic rings. The number of nitrogens with one attached hydrogen (secondary N) is 1. The van der Waals surface area contributed by atoms with Crippen LogP contribution in [0, 0.1) is 0 Å². The number of aromatic amines is 1. The third-order valence-corrected chi connectivity index (χ3v) is 3.50. The molecule has 2 aromatic heterocycles. The Labute approximate surface area is 120 Å². The van der Waals surface area contributed by atoms with Gasteiger partial charge in [0.2, 0.25) is 5.89 Å². The number of nitrogens with zero attached hydrogens (tertiary/aromatic N) is 4. The number of thioether (sulfide) groups is 1. The summed E-state index contributed by atoms with van der Waals surface area (Å²) in [6.45, 7) is 6.24. The molecule has 0 bridgehead atoms. The average Bonchev–Trinajstić information content (AvgIpc) is 2.96. The van der Waals surface area contributed by atoms with Crippen LogP contribution in [-0.4, -0.2) is 24.9 Å². The Morgan fingerprint density at radius 1 is 1.50 bits per heavy atom. The molecule has 2 heterocycles. The van der Waals surface area contributed by atoms with Crippen LogP contribution >= 0.6 is 11.8 Å². The van der Waals surface area contributed by atoms with E-state index in [-0.39, 0.29) is 5.69 Å². The van der Waals surface area contributed by atoms with E-state index >= 15 is 0 Å². The maximum Gasteiger partial charge on any atom is 0.343 e. The fourth-order valence-corrected chi connectivity index (χ4v) is 2.35. The summed E-state index contributed by atoms with van der Waals surface area (Å²) in [6, 6.07) is 0. The van der Waals surface area contributed by atoms with Crippen molar-refractivity contribution in [1.82, 2.24) is 24.9 Å². The zero-order chi connectivity index (χ0) is 14.8. The highest BCUT2D eigenvalue weighted by atomic mass is 32.2. The van der Waals surface area contributed by atoms with Crippen molar-refractivity contribution >= 4 is 11.8 Å². The Morgan fingerprint density at radius 3 is 2.85 bits per heavy atom. The first kappa shape index (κ1) is 14.8. The molecule has 9 heteroatoms. The summed E-state index contributed by atoms with van der Waals surface area (Å²) in [6.07, 6.45) is 0.860. The standard InChI is InChI=1S/C11H18N6O2S/c1-4-5-17-9(18)14-15-10(17)20-6-7-13-8(16-19-7)11(2,3)12/h4-6,12H2,1-3H3,(H,14,18). The molecule has 0 aliphatic carbocycles. The van der Waals surface area contributed by atoms with E-state index in [0.717, 1.165) is 6.42 Å². The summed E-state index contributed by atoms with van der Waals surface area (Å²) in [7, 11) is 0. The van der Waals surface area contributed by atoms with Crippen molar-refractivity contribution in [3.05, 3.63) is 22.2 Å². The molecular formula is C11H18N6O2S. The molecule has 0 saturated heterocycles. The molecule has 110 valence electrons. The van der Waals surface area contributed by atoms with Crippen molar-refractivity contribution in [3.63, 3.8) is 0 Å². The smallest absolute Gasteiger partial charge is 0.338 e. The minimum absolute atomic E-state index is 0.205. The summed E-state index contributed by atoms with van der Waals surface area (Å²) < 4.78 is 6.72. The molecule has 0 unspecified atom stereocenters. The van der Waals surface area contributed by atoms with Crippen LogP contribution in [0.15, 0.2) is 14.5 Å². The van der Waals surface area contributed by atoms with E-state index in [1.165, 1.54) is 11.8 Å². The summed E-state index contributed by atoms with van der Waals surface area (Å²) in [5.41, 5.74) is 5.05. The van der Waals surface area contributed by atoms with E-state index in [0.29, 0.717) is 29.2 Å². The quantitative estimate of drug-likeness (QED) is 0.759. The fourth-order valence-electron chi connectivity index (χ4n) is 1.54. The molecule has 0 saturated carbocycles. The summed E-state index contributed by atoms with van der Waals surface area (Å²) in [4.78, 5) is 15.8. The molecule has 0 radical (unpaired) electrons. The highest BCUT2D eigenvalue weighted by Crippen LogP contribution is 2.20. The van der Waals surface area contributed by atoms with Gasteiger partial charge in [-0.3, -0.25) is 4.57 Å². The van der Waals surface area contributed by atoms with Gasteiger partial charge in [0.15, 0.2) is 11.0 Å². The lowest BCUT2D eigenvalue weighted by Gasteiger charge is -2.11. The highest BCUT2D eigenvalue weighted by molar-refractivity contribution is 7.98. The zero-order valence-corrected chi connectivity index (χ0v) is 12.5. The lowest BCUT2D eigenvalue weighted by atomic mass is 10.1. The van der Waals surface area contributed by atoms with Crippen LogP contribution < -0.4 is 11.4 Å². The summed E-state index contributed by atoms with van der Waals surface area (Å²) in [5.74, 6) is 1.36. The first-order valence-electron chi connectivity index (χ1n) is 6.31. The van der Waals surface area contributed by atoms with Crippen LogP contribution in [0.5, 0.6) is 0 Å². The minimum atomic E-state index is -0.636. The van der Waals surface area contributed by atoms with Gasteiger partial charge in [-0.05, 0) is 20.3 Å². The maximum absolute atomic E-state index is 11.5. The van der Waals surface area contributed by atoms with Crippen molar-refractivity contribution in [2.75, 3.05) is 0 Å². The van der Waals surface area contributed by atoms with E-state index in [1.807, 2.05) is 6.92 Å². The van der Waals surface area contributed by atoms with Gasteiger partial charge in [-0.15, -0.1) is 5.10 Å². The first-order chi connectivity index (χ1) is 9.41. The molecule has 2 rings (SSSR count). The van der Waals surface area contributed by atoms with Gasteiger partial charge in [0.05, 0.1) is 11.3 Å². The van der Waals surface area contributed by atoms with Crippen molar-refractivity contribution in [3.8, 4) is 0 Å². The molecule has 8 nitrogen and oxygen atoms in total. The van der Waals surface area contributed by atoms with Crippen LogP contribution in [0.3, 0.4) is 0 Å². The summed E-state index contributed by atoms with van der Waals surface area (Å²) >= 11 is 1.37. The van der Waals surface area contributed by atoms with Gasteiger partial charge in [0, 0.05) is 6.54 Å². The topological polar surface area (TPSA) is 116 Å². The van der Waals surface area contributed by atoms with Crippen LogP contribution in [0.4, 0.5) is 0 Å². The van der Waals surface area contributed by atoms with E-state index in [9.17, 15) is 4.79 Å². The van der Waals surface area contributed by atoms with E-state index in [4.69, 9.17) is 10.3 Å². The first-order valence-corrected chi connectivity index (χ1v) is 7.30. The second-order valence-corrected chi connectivity index (χ2v) is 5.93. The lowest BCUT2D eigenvalue weighted by Crippen LogP contribution is -2.30. The maximum atomic E-state index is 11.5. The molecule has 20 heavy (non-hydrogen) atoms. The second kappa shape index (κ2) is 5.80. The van der Waals surface area contributed by atoms with Gasteiger partial charge in [-0.2, -0.15) is 4.98 Å². The van der Waals surface area contributed by atoms with Crippen LogP contribution in [0.1, 0.15) is 38.9 Å². The van der Waals surface area contributed by atoms with E-state index < -0.39 is 5.54 Å². The van der Waals surface area contributed by atoms with Crippen LogP contribution in [0.25, 0.3) is 0 Å². The van der Waals surface area contributed by atoms with Gasteiger partial charge in [0.25, 0.3) is 0 Å². The third-order valence-electron chi connectivity index (χ3n) is 2.54. The van der Waals surface area contributed by atoms with Crippen molar-refractivity contribution in [2.24, 2.45) is 5.73 Å². The fraction of sp³-hybridized carbons (Fsp3) is 0.636. The molecule has 2 aromatic rings. The van der Waals surface area contributed by atoms with Gasteiger partial charge in [0.1, 0.15) is 0 Å². The van der Waals surface area contributed by atoms with Gasteiger partial charge < -0.3 is 10.3 Å². The number of nitrogens with two attached hydrogens (primary N) is 1. The van der Waals surface area contributed by atoms with Gasteiger partial charge in [-0.1, -0.05) is 23.8 Å². The molecule has 0 spiro atoms. The van der Waals surface area contributed by atoms with Crippen molar-refractivity contribution < 1.29 is 4.52 Å². The Hall–Kier alpha value is -1.61. The van der Waals surface area contributed by atoms with Crippen molar-refractivity contribution in [2.45, 2.75) is 50.2 Å². The zero-order valence-electron chi connectivity index (χ0n) is 11.7. The molecular weight excluding hydrogens is 280 g/mol. The SMILES string of the molecule is CCCn1c(SCc2nc(C(C)(C)N)no2)n[nH]c1=O. The van der Waals surface area contributed by atoms with Crippen molar-refractivity contribution in [1.29, 1.82) is 0 Å². The van der Waals surface area contributed by atoms with Crippen LogP contribution in [0.2, 0.25) is 0 Å². The molecule has 0 atom stereocenters. The number of rotatable bonds is 6. The van der Waals surface area contributed by atoms with E-state index in [1.54, 1.807) is 18.4 Å². The largest absolute Gasteiger partial charge is 0.343 e. The highest BCUT2D eigenvalue weighted by Gasteiger charge is 2.21. The predicted molar refractivity (Wildman–Crippen MR) is 74.2 cm³/mol. The lowest BCUT2D eigenvalue weighted by molar-refractivity contribution is 0.369. The van der Waals surface area contributed by atoms with Gasteiger partial charge >= 0.3 is 5.69 Å². The third kappa shape index (κ3) is 3.28. The number of H-pyrrole nitrogens is 1. The minimum Gasteiger partial charge on any atom is -0.338 e. The molecule has 0 aliphatic heterocycles. The predicted octanol–water partition coefficient (Wildman–Crippen LogP) is 0.851. The van der Waals surface area contributed by atoms with E-state index in [2.05, 4.69) is 20.3 Å². The summed E-state index contributed by atoms with van der Waals surface area (Å²) in [5, 5.41) is 10.9. The number of aromatic nitrogens is 5.